The van der Waals surface area contributed by atoms with Crippen LogP contribution in [0.2, 0.25) is 0 Å². The van der Waals surface area contributed by atoms with Crippen molar-refractivity contribution in [1.29, 1.82) is 0 Å². The number of nitrogens with zero attached hydrogens (tertiary/aromatic N) is 1. The van der Waals surface area contributed by atoms with E-state index in [9.17, 15) is 9.90 Å². The number of aryl methyl sites for hydroxylation is 1. The number of pyridine rings is 1. The summed E-state index contributed by atoms with van der Waals surface area (Å²) in [5.74, 6) is 0.217. The molecule has 0 bridgehead atoms. The molecule has 3 rings (SSSR count). The lowest BCUT2D eigenvalue weighted by Crippen LogP contribution is -2.08. The van der Waals surface area contributed by atoms with Gasteiger partial charge in [0.15, 0.2) is 5.43 Å². The summed E-state index contributed by atoms with van der Waals surface area (Å²) in [5.41, 5.74) is 2.65. The fourth-order valence-corrected chi connectivity index (χ4v) is 2.31. The predicted molar refractivity (Wildman–Crippen MR) is 76.3 cm³/mol. The molecule has 94 valence electrons. The van der Waals surface area contributed by atoms with Gasteiger partial charge in [0.05, 0.1) is 11.2 Å². The highest BCUT2D eigenvalue weighted by atomic mass is 16.3. The molecule has 0 aliphatic heterocycles. The van der Waals surface area contributed by atoms with Gasteiger partial charge in [0.1, 0.15) is 5.75 Å². The van der Waals surface area contributed by atoms with Crippen molar-refractivity contribution in [2.24, 2.45) is 7.05 Å². The summed E-state index contributed by atoms with van der Waals surface area (Å²) in [4.78, 5) is 12.1. The summed E-state index contributed by atoms with van der Waals surface area (Å²) in [7, 11) is 1.93. The topological polar surface area (TPSA) is 42.2 Å². The highest BCUT2D eigenvalue weighted by Gasteiger charge is 2.07. The summed E-state index contributed by atoms with van der Waals surface area (Å²) < 4.78 is 1.99. The fraction of sp³-hybridized carbons (Fsp3) is 0.0625. The average molecular weight is 251 g/mol. The van der Waals surface area contributed by atoms with E-state index in [1.807, 2.05) is 35.9 Å². The first-order valence-corrected chi connectivity index (χ1v) is 6.05. The molecule has 19 heavy (non-hydrogen) atoms. The van der Waals surface area contributed by atoms with E-state index in [-0.39, 0.29) is 11.2 Å². The second kappa shape index (κ2) is 4.28. The number of phenolic OH excluding ortho intramolecular Hbond substituents is 1. The van der Waals surface area contributed by atoms with Crippen molar-refractivity contribution in [2.75, 3.05) is 0 Å². The van der Waals surface area contributed by atoms with Gasteiger partial charge in [-0.15, -0.1) is 0 Å². The number of hydrogen-bond acceptors (Lipinski definition) is 2. The van der Waals surface area contributed by atoms with Crippen molar-refractivity contribution in [2.45, 2.75) is 0 Å². The Morgan fingerprint density at radius 2 is 1.68 bits per heavy atom. The minimum atomic E-state index is 0.0109. The standard InChI is InChI=1S/C16H13NO2/c1-17-14-5-3-2-4-13(14)16(19)10-15(17)11-6-8-12(18)9-7-11/h2-10,18H,1H3. The van der Waals surface area contributed by atoms with Gasteiger partial charge in [-0.25, -0.2) is 0 Å². The number of fused-ring (bicyclic) bond motifs is 1. The van der Waals surface area contributed by atoms with E-state index in [1.165, 1.54) is 0 Å². The van der Waals surface area contributed by atoms with Gasteiger partial charge >= 0.3 is 0 Å². The zero-order valence-electron chi connectivity index (χ0n) is 10.5. The van der Waals surface area contributed by atoms with Crippen LogP contribution in [0.25, 0.3) is 22.2 Å². The lowest BCUT2D eigenvalue weighted by Gasteiger charge is -2.12. The Labute approximate surface area is 110 Å². The molecule has 3 nitrogen and oxygen atoms in total. The molecule has 1 N–H and O–H groups in total. The highest BCUT2D eigenvalue weighted by Crippen LogP contribution is 2.23. The third-order valence-corrected chi connectivity index (χ3v) is 3.32. The van der Waals surface area contributed by atoms with Crippen molar-refractivity contribution in [3.05, 3.63) is 64.8 Å². The Morgan fingerprint density at radius 1 is 1.00 bits per heavy atom. The van der Waals surface area contributed by atoms with Crippen molar-refractivity contribution in [3.8, 4) is 17.0 Å². The zero-order valence-corrected chi connectivity index (χ0v) is 10.5. The van der Waals surface area contributed by atoms with Gasteiger partial charge in [0.25, 0.3) is 0 Å². The maximum absolute atomic E-state index is 12.1. The maximum atomic E-state index is 12.1. The van der Waals surface area contributed by atoms with Crippen LogP contribution in [0.5, 0.6) is 5.75 Å². The second-order valence-corrected chi connectivity index (χ2v) is 4.52. The molecule has 0 unspecified atom stereocenters. The van der Waals surface area contributed by atoms with Gasteiger partial charge in [0.2, 0.25) is 0 Å². The first-order valence-electron chi connectivity index (χ1n) is 6.05. The Morgan fingerprint density at radius 3 is 2.42 bits per heavy atom. The molecule has 1 heterocycles. The van der Waals surface area contributed by atoms with Gasteiger partial charge in [-0.2, -0.15) is 0 Å². The molecule has 0 radical (unpaired) electrons. The minimum Gasteiger partial charge on any atom is -0.508 e. The van der Waals surface area contributed by atoms with Crippen LogP contribution in [0.1, 0.15) is 0 Å². The molecule has 0 amide bonds. The monoisotopic (exact) mass is 251 g/mol. The lowest BCUT2D eigenvalue weighted by molar-refractivity contribution is 0.475. The van der Waals surface area contributed by atoms with E-state index in [0.29, 0.717) is 5.39 Å². The molecule has 0 fully saturated rings. The van der Waals surface area contributed by atoms with Gasteiger partial charge in [-0.05, 0) is 42.0 Å². The molecule has 0 saturated carbocycles. The smallest absolute Gasteiger partial charge is 0.190 e. The van der Waals surface area contributed by atoms with Crippen LogP contribution < -0.4 is 5.43 Å². The number of rotatable bonds is 1. The van der Waals surface area contributed by atoms with Crippen molar-refractivity contribution in [3.63, 3.8) is 0 Å². The lowest BCUT2D eigenvalue weighted by atomic mass is 10.1. The van der Waals surface area contributed by atoms with Crippen LogP contribution in [-0.2, 0) is 7.05 Å². The van der Waals surface area contributed by atoms with Gasteiger partial charge in [-0.3, -0.25) is 4.79 Å². The first-order chi connectivity index (χ1) is 9.16. The van der Waals surface area contributed by atoms with E-state index in [1.54, 1.807) is 30.3 Å². The molecule has 0 aliphatic rings. The van der Waals surface area contributed by atoms with Crippen molar-refractivity contribution in [1.82, 2.24) is 4.57 Å². The molecule has 0 atom stereocenters. The first kappa shape index (κ1) is 11.5. The number of benzene rings is 2. The fourth-order valence-electron chi connectivity index (χ4n) is 2.31. The van der Waals surface area contributed by atoms with Crippen LogP contribution in [0.3, 0.4) is 0 Å². The number of phenols is 1. The van der Waals surface area contributed by atoms with Crippen LogP contribution in [0, 0.1) is 0 Å². The molecule has 0 aliphatic carbocycles. The molecule has 2 aromatic carbocycles. The van der Waals surface area contributed by atoms with Gasteiger partial charge in [-0.1, -0.05) is 12.1 Å². The molecule has 3 aromatic rings. The summed E-state index contributed by atoms with van der Waals surface area (Å²) in [6.07, 6.45) is 0. The van der Waals surface area contributed by atoms with Crippen LogP contribution in [-0.4, -0.2) is 9.67 Å². The van der Waals surface area contributed by atoms with E-state index >= 15 is 0 Å². The molecule has 3 heteroatoms. The van der Waals surface area contributed by atoms with Crippen LogP contribution >= 0.6 is 0 Å². The van der Waals surface area contributed by atoms with E-state index in [2.05, 4.69) is 0 Å². The van der Waals surface area contributed by atoms with E-state index < -0.39 is 0 Å². The molecule has 1 aromatic heterocycles. The minimum absolute atomic E-state index is 0.0109. The SMILES string of the molecule is Cn1c(-c2ccc(O)cc2)cc(=O)c2ccccc21. The predicted octanol–water partition coefficient (Wildman–Crippen LogP) is 2.91. The van der Waals surface area contributed by atoms with Crippen molar-refractivity contribution < 1.29 is 5.11 Å². The maximum Gasteiger partial charge on any atom is 0.190 e. The third-order valence-electron chi connectivity index (χ3n) is 3.32. The summed E-state index contributed by atoms with van der Waals surface area (Å²) in [5, 5.41) is 10.0. The molecule has 0 saturated heterocycles. The number of aromatic nitrogens is 1. The second-order valence-electron chi connectivity index (χ2n) is 4.52. The largest absolute Gasteiger partial charge is 0.508 e. The summed E-state index contributed by atoms with van der Waals surface area (Å²) in [6.45, 7) is 0. The Balaban J connectivity index is 2.33. The quantitative estimate of drug-likeness (QED) is 0.722. The van der Waals surface area contributed by atoms with Crippen LogP contribution in [0.4, 0.5) is 0 Å². The third kappa shape index (κ3) is 1.89. The summed E-state index contributed by atoms with van der Waals surface area (Å²) >= 11 is 0. The van der Waals surface area contributed by atoms with E-state index in [0.717, 1.165) is 16.8 Å². The van der Waals surface area contributed by atoms with Crippen LogP contribution in [0.15, 0.2) is 59.4 Å². The van der Waals surface area contributed by atoms with Gasteiger partial charge < -0.3 is 9.67 Å². The molecular formula is C16H13NO2. The number of hydrogen-bond donors (Lipinski definition) is 1. The number of aromatic hydroxyl groups is 1. The normalized spacial score (nSPS) is 10.8. The Kier molecular flexibility index (Phi) is 2.60. The molecule has 0 spiro atoms. The average Bonchev–Trinajstić information content (AvgIpc) is 2.44. The Hall–Kier alpha value is -2.55. The van der Waals surface area contributed by atoms with Gasteiger partial charge in [0, 0.05) is 18.5 Å². The number of para-hydroxylation sites is 1. The van der Waals surface area contributed by atoms with E-state index in [4.69, 9.17) is 0 Å². The zero-order chi connectivity index (χ0) is 13.4. The molecular weight excluding hydrogens is 238 g/mol. The Bertz CT molecular complexity index is 801. The van der Waals surface area contributed by atoms with Crippen molar-refractivity contribution >= 4 is 10.9 Å². The summed E-state index contributed by atoms with van der Waals surface area (Å²) in [6, 6.07) is 16.0. The highest BCUT2D eigenvalue weighted by molar-refractivity contribution is 5.82.